The fourth-order valence-corrected chi connectivity index (χ4v) is 4.34. The maximum absolute atomic E-state index is 12.6. The van der Waals surface area contributed by atoms with Crippen molar-refractivity contribution in [1.82, 2.24) is 19.8 Å². The molecule has 1 aliphatic rings. The van der Waals surface area contributed by atoms with Crippen molar-refractivity contribution in [2.24, 2.45) is 0 Å². The number of nitrogens with zero attached hydrogens (tertiary/aromatic N) is 3. The fourth-order valence-electron chi connectivity index (χ4n) is 2.66. The number of nitrogens with one attached hydrogen (secondary N) is 1. The van der Waals surface area contributed by atoms with E-state index in [1.54, 1.807) is 5.48 Å². The van der Waals surface area contributed by atoms with Crippen LogP contribution in [0, 0.1) is 0 Å². The number of aromatic nitrogens is 2. The lowest BCUT2D eigenvalue weighted by atomic mass is 10.0. The summed E-state index contributed by atoms with van der Waals surface area (Å²) in [6.45, 7) is 2.05. The van der Waals surface area contributed by atoms with E-state index in [4.69, 9.17) is 5.21 Å². The van der Waals surface area contributed by atoms with Gasteiger partial charge in [0.05, 0.1) is 23.7 Å². The van der Waals surface area contributed by atoms with E-state index in [9.17, 15) is 13.2 Å². The van der Waals surface area contributed by atoms with E-state index in [-0.39, 0.29) is 18.7 Å². The van der Waals surface area contributed by atoms with E-state index in [1.165, 1.54) is 12.4 Å². The summed E-state index contributed by atoms with van der Waals surface area (Å²) in [4.78, 5) is 20.2. The van der Waals surface area contributed by atoms with Crippen LogP contribution in [0.25, 0.3) is 0 Å². The minimum absolute atomic E-state index is 0.00261. The maximum atomic E-state index is 12.6. The molecule has 1 aromatic rings. The summed E-state index contributed by atoms with van der Waals surface area (Å²) in [6, 6.07) is -1.000. The zero-order valence-corrected chi connectivity index (χ0v) is 13.9. The molecule has 128 valence electrons. The van der Waals surface area contributed by atoms with Crippen molar-refractivity contribution in [1.29, 1.82) is 0 Å². The number of hydrogen-bond donors (Lipinski definition) is 2. The van der Waals surface area contributed by atoms with E-state index in [1.807, 2.05) is 0 Å². The predicted molar refractivity (Wildman–Crippen MR) is 82.9 cm³/mol. The second kappa shape index (κ2) is 7.80. The second-order valence-electron chi connectivity index (χ2n) is 5.57. The van der Waals surface area contributed by atoms with Crippen LogP contribution in [-0.2, 0) is 27.8 Å². The average molecular weight is 342 g/mol. The fraction of sp³-hybridized carbons (Fsp3) is 0.643. The molecule has 0 bridgehead atoms. The highest BCUT2D eigenvalue weighted by Crippen LogP contribution is 2.24. The molecular formula is C14H22N4O4S. The number of fused-ring (bicyclic) bond motifs is 1. The molecule has 0 aromatic carbocycles. The van der Waals surface area contributed by atoms with Crippen molar-refractivity contribution < 1.29 is 18.4 Å². The van der Waals surface area contributed by atoms with Gasteiger partial charge in [-0.05, 0) is 6.42 Å². The van der Waals surface area contributed by atoms with E-state index in [0.717, 1.165) is 23.6 Å². The van der Waals surface area contributed by atoms with Crippen LogP contribution >= 0.6 is 0 Å². The Morgan fingerprint density at radius 3 is 2.65 bits per heavy atom. The van der Waals surface area contributed by atoms with Crippen LogP contribution in [-0.4, -0.2) is 45.6 Å². The quantitative estimate of drug-likeness (QED) is 0.427. The predicted octanol–water partition coefficient (Wildman–Crippen LogP) is 0.619. The molecule has 1 amide bonds. The molecule has 23 heavy (non-hydrogen) atoms. The zero-order valence-electron chi connectivity index (χ0n) is 13.1. The first-order chi connectivity index (χ1) is 11.0. The molecule has 0 radical (unpaired) electrons. The first-order valence-electron chi connectivity index (χ1n) is 7.71. The monoisotopic (exact) mass is 342 g/mol. The summed E-state index contributed by atoms with van der Waals surface area (Å²) in [6.07, 6.45) is 6.47. The molecule has 2 N–H and O–H groups in total. The minimum atomic E-state index is -3.62. The standard InChI is InChI=1S/C14H22N4O4S/c1-2-3-4-5-8-23(21,22)18-10-12-11(15-6-7-16-12)9-13(18)14(19)17-20/h6-7,13,20H,2-5,8-10H2,1H3,(H,17,19)/t13-/m1/s1. The molecule has 0 saturated heterocycles. The number of sulfonamides is 1. The lowest BCUT2D eigenvalue weighted by Gasteiger charge is -2.33. The van der Waals surface area contributed by atoms with Crippen LogP contribution in [0.2, 0.25) is 0 Å². The van der Waals surface area contributed by atoms with Crippen LogP contribution < -0.4 is 5.48 Å². The Labute approximate surface area is 135 Å². The van der Waals surface area contributed by atoms with Crippen LogP contribution in [0.5, 0.6) is 0 Å². The van der Waals surface area contributed by atoms with Gasteiger partial charge < -0.3 is 0 Å². The van der Waals surface area contributed by atoms with Crippen LogP contribution in [0.15, 0.2) is 12.4 Å². The van der Waals surface area contributed by atoms with Gasteiger partial charge in [-0.3, -0.25) is 20.0 Å². The number of unbranched alkanes of at least 4 members (excludes halogenated alkanes) is 3. The molecule has 2 rings (SSSR count). The van der Waals surface area contributed by atoms with Gasteiger partial charge in [0.15, 0.2) is 0 Å². The molecule has 1 aliphatic heterocycles. The molecule has 9 heteroatoms. The third-order valence-corrected chi connectivity index (χ3v) is 5.83. The normalized spacial score (nSPS) is 18.4. The van der Waals surface area contributed by atoms with Gasteiger partial charge in [0, 0.05) is 18.8 Å². The van der Waals surface area contributed by atoms with Gasteiger partial charge >= 0.3 is 0 Å². The lowest BCUT2D eigenvalue weighted by molar-refractivity contribution is -0.133. The van der Waals surface area contributed by atoms with Crippen molar-refractivity contribution in [3.05, 3.63) is 23.8 Å². The third kappa shape index (κ3) is 4.24. The Bertz CT molecular complexity index is 650. The Morgan fingerprint density at radius 2 is 2.00 bits per heavy atom. The van der Waals surface area contributed by atoms with Crippen LogP contribution in [0.3, 0.4) is 0 Å². The average Bonchev–Trinajstić information content (AvgIpc) is 2.57. The molecular weight excluding hydrogens is 320 g/mol. The third-order valence-electron chi connectivity index (χ3n) is 3.93. The molecule has 0 aliphatic carbocycles. The number of hydrogen-bond acceptors (Lipinski definition) is 6. The summed E-state index contributed by atoms with van der Waals surface area (Å²) in [5.41, 5.74) is 2.68. The van der Waals surface area contributed by atoms with Crippen LogP contribution in [0.4, 0.5) is 0 Å². The number of amides is 1. The smallest absolute Gasteiger partial charge is 0.262 e. The molecule has 0 saturated carbocycles. The first-order valence-corrected chi connectivity index (χ1v) is 9.32. The highest BCUT2D eigenvalue weighted by atomic mass is 32.2. The SMILES string of the molecule is CCCCCCS(=O)(=O)N1Cc2nccnc2C[C@@H]1C(=O)NO. The highest BCUT2D eigenvalue weighted by molar-refractivity contribution is 7.89. The van der Waals surface area contributed by atoms with Crippen LogP contribution in [0.1, 0.15) is 44.0 Å². The zero-order chi connectivity index (χ0) is 16.9. The van der Waals surface area contributed by atoms with Crippen molar-refractivity contribution in [2.75, 3.05) is 5.75 Å². The first kappa shape index (κ1) is 17.8. The van der Waals surface area contributed by atoms with Crippen molar-refractivity contribution in [3.63, 3.8) is 0 Å². The van der Waals surface area contributed by atoms with Crippen molar-refractivity contribution in [3.8, 4) is 0 Å². The summed E-state index contributed by atoms with van der Waals surface area (Å²) in [5.74, 6) is -0.768. The molecule has 0 fully saturated rings. The largest absolute Gasteiger partial charge is 0.289 e. The summed E-state index contributed by atoms with van der Waals surface area (Å²) in [5, 5.41) is 8.91. The van der Waals surface area contributed by atoms with Gasteiger partial charge in [0.2, 0.25) is 10.0 Å². The number of carbonyl (C=O) groups is 1. The molecule has 1 atom stereocenters. The van der Waals surface area contributed by atoms with E-state index in [0.29, 0.717) is 17.8 Å². The van der Waals surface area contributed by atoms with Gasteiger partial charge in [-0.1, -0.05) is 26.2 Å². The van der Waals surface area contributed by atoms with E-state index < -0.39 is 22.0 Å². The van der Waals surface area contributed by atoms with Crippen molar-refractivity contribution >= 4 is 15.9 Å². The van der Waals surface area contributed by atoms with Gasteiger partial charge in [0.1, 0.15) is 6.04 Å². The topological polar surface area (TPSA) is 112 Å². The maximum Gasteiger partial charge on any atom is 0.262 e. The van der Waals surface area contributed by atoms with E-state index in [2.05, 4.69) is 16.9 Å². The number of rotatable bonds is 7. The molecule has 2 heterocycles. The Hall–Kier alpha value is -1.58. The Morgan fingerprint density at radius 1 is 1.30 bits per heavy atom. The van der Waals surface area contributed by atoms with Gasteiger partial charge in [-0.2, -0.15) is 4.31 Å². The van der Waals surface area contributed by atoms with Crippen molar-refractivity contribution in [2.45, 2.75) is 51.6 Å². The van der Waals surface area contributed by atoms with Gasteiger partial charge in [-0.15, -0.1) is 0 Å². The summed E-state index contributed by atoms with van der Waals surface area (Å²) in [7, 11) is -3.62. The van der Waals surface area contributed by atoms with Gasteiger partial charge in [0.25, 0.3) is 5.91 Å². The lowest BCUT2D eigenvalue weighted by Crippen LogP contribution is -2.52. The van der Waals surface area contributed by atoms with E-state index >= 15 is 0 Å². The molecule has 0 unspecified atom stereocenters. The Balaban J connectivity index is 2.21. The molecule has 0 spiro atoms. The summed E-state index contributed by atoms with van der Waals surface area (Å²) >= 11 is 0. The summed E-state index contributed by atoms with van der Waals surface area (Å²) < 4.78 is 26.3. The Kier molecular flexibility index (Phi) is 6.03. The number of hydroxylamine groups is 1. The van der Waals surface area contributed by atoms with Gasteiger partial charge in [-0.25, -0.2) is 13.9 Å². The molecule has 1 aromatic heterocycles. The second-order valence-corrected chi connectivity index (χ2v) is 7.61. The highest BCUT2D eigenvalue weighted by Gasteiger charge is 2.39. The minimum Gasteiger partial charge on any atom is -0.289 e. The number of carbonyl (C=O) groups excluding carboxylic acids is 1. The molecule has 8 nitrogen and oxygen atoms in total.